The summed E-state index contributed by atoms with van der Waals surface area (Å²) in [6.07, 6.45) is 0.537. The summed E-state index contributed by atoms with van der Waals surface area (Å²) in [5.74, 6) is -0.786. The number of aliphatic carboxylic acids is 1. The molecule has 86 valence electrons. The summed E-state index contributed by atoms with van der Waals surface area (Å²) in [6, 6.07) is 0. The molecule has 0 aromatic rings. The number of ether oxygens (including phenoxy) is 1. The third-order valence-corrected chi connectivity index (χ3v) is 2.78. The molecule has 0 bridgehead atoms. The highest BCUT2D eigenvalue weighted by Gasteiger charge is 2.46. The average Bonchev–Trinajstić information content (AvgIpc) is 2.58. The van der Waals surface area contributed by atoms with Crippen LogP contribution in [0.5, 0.6) is 0 Å². The quantitative estimate of drug-likeness (QED) is 0.749. The Kier molecular flexibility index (Phi) is 3.79. The Morgan fingerprint density at radius 1 is 1.60 bits per heavy atom. The normalized spacial score (nSPS) is 25.3. The Balaban J connectivity index is 2.68. The van der Waals surface area contributed by atoms with E-state index < -0.39 is 17.6 Å². The SMILES string of the molecule is C[C@@]1(C(=O)O)CCCN1C(=O)OCCCl. The average molecular weight is 236 g/mol. The maximum Gasteiger partial charge on any atom is 0.410 e. The van der Waals surface area contributed by atoms with E-state index in [1.165, 1.54) is 11.8 Å². The molecule has 0 aliphatic carbocycles. The smallest absolute Gasteiger partial charge is 0.410 e. The number of hydrogen-bond acceptors (Lipinski definition) is 3. The van der Waals surface area contributed by atoms with E-state index in [2.05, 4.69) is 0 Å². The summed E-state index contributed by atoms with van der Waals surface area (Å²) < 4.78 is 4.81. The fourth-order valence-corrected chi connectivity index (χ4v) is 1.76. The van der Waals surface area contributed by atoms with Gasteiger partial charge in [0.25, 0.3) is 0 Å². The van der Waals surface area contributed by atoms with Crippen LogP contribution in [-0.2, 0) is 9.53 Å². The van der Waals surface area contributed by atoms with E-state index in [-0.39, 0.29) is 12.5 Å². The molecule has 15 heavy (non-hydrogen) atoms. The number of carboxylic acid groups (broad SMARTS) is 1. The molecule has 1 saturated heterocycles. The molecule has 1 amide bonds. The van der Waals surface area contributed by atoms with Crippen molar-refractivity contribution in [2.75, 3.05) is 19.0 Å². The van der Waals surface area contributed by atoms with Crippen molar-refractivity contribution in [2.45, 2.75) is 25.3 Å². The van der Waals surface area contributed by atoms with Gasteiger partial charge >= 0.3 is 12.1 Å². The van der Waals surface area contributed by atoms with E-state index in [1.54, 1.807) is 0 Å². The van der Waals surface area contributed by atoms with Crippen LogP contribution in [0.4, 0.5) is 4.79 Å². The number of halogens is 1. The number of likely N-dealkylation sites (tertiary alicyclic amines) is 1. The second kappa shape index (κ2) is 4.70. The first kappa shape index (κ1) is 12.1. The van der Waals surface area contributed by atoms with Crippen molar-refractivity contribution >= 4 is 23.7 Å². The van der Waals surface area contributed by atoms with Crippen LogP contribution in [0.1, 0.15) is 19.8 Å². The maximum atomic E-state index is 11.5. The van der Waals surface area contributed by atoms with Crippen molar-refractivity contribution in [3.05, 3.63) is 0 Å². The number of carboxylic acids is 1. The third kappa shape index (κ3) is 2.34. The van der Waals surface area contributed by atoms with E-state index in [4.69, 9.17) is 21.4 Å². The highest BCUT2D eigenvalue weighted by molar-refractivity contribution is 6.18. The topological polar surface area (TPSA) is 66.8 Å². The summed E-state index contributed by atoms with van der Waals surface area (Å²) in [6.45, 7) is 2.06. The van der Waals surface area contributed by atoms with Crippen LogP contribution in [-0.4, -0.2) is 46.6 Å². The van der Waals surface area contributed by atoms with Gasteiger partial charge in [-0.3, -0.25) is 4.90 Å². The monoisotopic (exact) mass is 235 g/mol. The molecule has 0 aromatic carbocycles. The number of amides is 1. The van der Waals surface area contributed by atoms with Crippen LogP contribution < -0.4 is 0 Å². The largest absolute Gasteiger partial charge is 0.480 e. The zero-order chi connectivity index (χ0) is 11.5. The van der Waals surface area contributed by atoms with Crippen molar-refractivity contribution in [3.63, 3.8) is 0 Å². The van der Waals surface area contributed by atoms with Gasteiger partial charge in [0.05, 0.1) is 5.88 Å². The van der Waals surface area contributed by atoms with Crippen molar-refractivity contribution in [1.82, 2.24) is 4.90 Å². The van der Waals surface area contributed by atoms with E-state index >= 15 is 0 Å². The summed E-state index contributed by atoms with van der Waals surface area (Å²) >= 11 is 5.37. The first-order valence-corrected chi connectivity index (χ1v) is 5.29. The van der Waals surface area contributed by atoms with Gasteiger partial charge in [0.1, 0.15) is 12.1 Å². The Labute approximate surface area is 92.9 Å². The lowest BCUT2D eigenvalue weighted by Crippen LogP contribution is -2.51. The van der Waals surface area contributed by atoms with Crippen LogP contribution in [0.3, 0.4) is 0 Å². The minimum absolute atomic E-state index is 0.104. The Bertz CT molecular complexity index is 271. The summed E-state index contributed by atoms with van der Waals surface area (Å²) in [5.41, 5.74) is -1.14. The minimum atomic E-state index is -1.14. The van der Waals surface area contributed by atoms with E-state index in [0.717, 1.165) is 0 Å². The number of alkyl halides is 1. The highest BCUT2D eigenvalue weighted by Crippen LogP contribution is 2.29. The molecule has 0 unspecified atom stereocenters. The molecule has 1 aliphatic rings. The maximum absolute atomic E-state index is 11.5. The lowest BCUT2D eigenvalue weighted by Gasteiger charge is -2.30. The zero-order valence-corrected chi connectivity index (χ0v) is 9.29. The highest BCUT2D eigenvalue weighted by atomic mass is 35.5. The summed E-state index contributed by atoms with van der Waals surface area (Å²) in [7, 11) is 0. The summed E-state index contributed by atoms with van der Waals surface area (Å²) in [4.78, 5) is 23.8. The molecule has 0 radical (unpaired) electrons. The number of rotatable bonds is 3. The molecule has 5 nitrogen and oxygen atoms in total. The molecule has 0 aromatic heterocycles. The summed E-state index contributed by atoms with van der Waals surface area (Å²) in [5, 5.41) is 9.04. The molecule has 0 saturated carbocycles. The molecular formula is C9H14ClNO4. The van der Waals surface area contributed by atoms with Gasteiger partial charge in [-0.2, -0.15) is 0 Å². The van der Waals surface area contributed by atoms with Gasteiger partial charge in [0.2, 0.25) is 0 Å². The Hall–Kier alpha value is -0.970. The lowest BCUT2D eigenvalue weighted by atomic mass is 10.00. The molecule has 6 heteroatoms. The second-order valence-corrected chi connectivity index (χ2v) is 4.02. The van der Waals surface area contributed by atoms with E-state index in [1.807, 2.05) is 0 Å². The Morgan fingerprint density at radius 3 is 2.80 bits per heavy atom. The first-order chi connectivity index (χ1) is 7.02. The molecule has 0 spiro atoms. The van der Waals surface area contributed by atoms with Gasteiger partial charge in [-0.05, 0) is 19.8 Å². The van der Waals surface area contributed by atoms with Crippen LogP contribution >= 0.6 is 11.6 Å². The number of carbonyl (C=O) groups is 2. The van der Waals surface area contributed by atoms with Crippen LogP contribution in [0, 0.1) is 0 Å². The van der Waals surface area contributed by atoms with Crippen molar-refractivity contribution in [3.8, 4) is 0 Å². The second-order valence-electron chi connectivity index (χ2n) is 3.64. The van der Waals surface area contributed by atoms with Gasteiger partial charge in [-0.1, -0.05) is 0 Å². The van der Waals surface area contributed by atoms with Gasteiger partial charge in [0.15, 0.2) is 0 Å². The van der Waals surface area contributed by atoms with E-state index in [0.29, 0.717) is 19.4 Å². The van der Waals surface area contributed by atoms with Gasteiger partial charge in [-0.15, -0.1) is 11.6 Å². The minimum Gasteiger partial charge on any atom is -0.480 e. The van der Waals surface area contributed by atoms with Crippen LogP contribution in [0.25, 0.3) is 0 Å². The fourth-order valence-electron chi connectivity index (χ4n) is 1.68. The standard InChI is InChI=1S/C9H14ClNO4/c1-9(7(12)13)3-2-5-11(9)8(14)15-6-4-10/h2-6H2,1H3,(H,12,13)/t9-/m0/s1. The fraction of sp³-hybridized carbons (Fsp3) is 0.778. The first-order valence-electron chi connectivity index (χ1n) is 4.76. The van der Waals surface area contributed by atoms with Crippen LogP contribution in [0.15, 0.2) is 0 Å². The molecule has 1 rings (SSSR count). The predicted molar refractivity (Wildman–Crippen MR) is 54.0 cm³/mol. The van der Waals surface area contributed by atoms with Gasteiger partial charge in [-0.25, -0.2) is 9.59 Å². The van der Waals surface area contributed by atoms with Crippen molar-refractivity contribution < 1.29 is 19.4 Å². The van der Waals surface area contributed by atoms with Crippen molar-refractivity contribution in [2.24, 2.45) is 0 Å². The Morgan fingerprint density at radius 2 is 2.27 bits per heavy atom. The molecular weight excluding hydrogens is 222 g/mol. The van der Waals surface area contributed by atoms with Gasteiger partial charge < -0.3 is 9.84 Å². The van der Waals surface area contributed by atoms with Crippen molar-refractivity contribution in [1.29, 1.82) is 0 Å². The number of carbonyl (C=O) groups excluding carboxylic acids is 1. The van der Waals surface area contributed by atoms with E-state index in [9.17, 15) is 9.59 Å². The predicted octanol–water partition coefficient (Wildman–Crippen LogP) is 1.30. The van der Waals surface area contributed by atoms with Crippen LogP contribution in [0.2, 0.25) is 0 Å². The third-order valence-electron chi connectivity index (χ3n) is 2.62. The molecule has 1 aliphatic heterocycles. The molecule has 1 heterocycles. The van der Waals surface area contributed by atoms with Gasteiger partial charge in [0, 0.05) is 6.54 Å². The lowest BCUT2D eigenvalue weighted by molar-refractivity contribution is -0.147. The number of hydrogen-bond donors (Lipinski definition) is 1. The molecule has 1 atom stereocenters. The zero-order valence-electron chi connectivity index (χ0n) is 8.53. The number of nitrogens with zero attached hydrogens (tertiary/aromatic N) is 1. The molecule has 1 fully saturated rings. The molecule has 1 N–H and O–H groups in total.